The van der Waals surface area contributed by atoms with Crippen molar-refractivity contribution in [3.05, 3.63) is 48.4 Å². The predicted octanol–water partition coefficient (Wildman–Crippen LogP) is 2.26. The van der Waals surface area contributed by atoms with E-state index in [0.29, 0.717) is 0 Å². The highest BCUT2D eigenvalue weighted by Crippen LogP contribution is 2.34. The summed E-state index contributed by atoms with van der Waals surface area (Å²) in [7, 11) is 0. The van der Waals surface area contributed by atoms with Crippen molar-refractivity contribution >= 4 is 27.3 Å². The van der Waals surface area contributed by atoms with Gasteiger partial charge in [0, 0.05) is 24.0 Å². The number of rotatable bonds is 0. The largest absolute Gasteiger partial charge is 0.307 e. The van der Waals surface area contributed by atoms with E-state index in [4.69, 9.17) is 0 Å². The fraction of sp³-hybridized carbons (Fsp3) is 0.0714. The van der Waals surface area contributed by atoms with Gasteiger partial charge in [-0.05, 0) is 12.1 Å². The second-order valence-electron chi connectivity index (χ2n) is 4.68. The Morgan fingerprint density at radius 1 is 1.21 bits per heavy atom. The van der Waals surface area contributed by atoms with Crippen LogP contribution < -0.4 is 4.57 Å². The maximum Gasteiger partial charge on any atom is 0.307 e. The molecule has 0 spiro atoms. The van der Waals surface area contributed by atoms with Gasteiger partial charge in [-0.3, -0.25) is 4.98 Å². The highest BCUT2D eigenvalue weighted by Gasteiger charge is 2.31. The van der Waals surface area contributed by atoms with Crippen LogP contribution >= 0.6 is 11.3 Å². The summed E-state index contributed by atoms with van der Waals surface area (Å²) >= 11 is 1.79. The fourth-order valence-electron chi connectivity index (χ4n) is 2.81. The summed E-state index contributed by atoms with van der Waals surface area (Å²) in [6.45, 7) is 0.902. The van der Waals surface area contributed by atoms with Gasteiger partial charge in [0.25, 0.3) is 0 Å². The summed E-state index contributed by atoms with van der Waals surface area (Å²) in [5, 5.41) is 1.25. The third-order valence-electron chi connectivity index (χ3n) is 3.61. The zero-order valence-corrected chi connectivity index (χ0v) is 10.8. The molecule has 5 rings (SSSR count). The van der Waals surface area contributed by atoms with Gasteiger partial charge in [0.1, 0.15) is 16.9 Å². The number of aromatic nitrogens is 4. The average molecular weight is 265 g/mol. The Labute approximate surface area is 112 Å². The lowest BCUT2D eigenvalue weighted by Gasteiger charge is -1.91. The van der Waals surface area contributed by atoms with Gasteiger partial charge in [-0.1, -0.05) is 17.4 Å². The molecule has 0 radical (unpaired) electrons. The molecule has 1 aliphatic rings. The Morgan fingerprint density at radius 3 is 3.16 bits per heavy atom. The normalized spacial score (nSPS) is 13.1. The fourth-order valence-corrected chi connectivity index (χ4v) is 4.03. The van der Waals surface area contributed by atoms with Crippen molar-refractivity contribution in [2.75, 3.05) is 0 Å². The molecular weight excluding hydrogens is 256 g/mol. The van der Waals surface area contributed by atoms with E-state index in [1.54, 1.807) is 11.3 Å². The highest BCUT2D eigenvalue weighted by molar-refractivity contribution is 7.21. The van der Waals surface area contributed by atoms with Crippen LogP contribution in [0, 0.1) is 0 Å². The molecule has 0 amide bonds. The molecule has 4 aromatic heterocycles. The van der Waals surface area contributed by atoms with Gasteiger partial charge >= 0.3 is 5.65 Å². The summed E-state index contributed by atoms with van der Waals surface area (Å²) < 4.78 is 5.76. The molecule has 0 aliphatic carbocycles. The summed E-state index contributed by atoms with van der Waals surface area (Å²) in [4.78, 5) is 8.93. The van der Waals surface area contributed by atoms with Gasteiger partial charge in [-0.15, -0.1) is 0 Å². The first kappa shape index (κ1) is 9.63. The van der Waals surface area contributed by atoms with Crippen molar-refractivity contribution in [3.8, 4) is 10.7 Å². The van der Waals surface area contributed by atoms with Crippen molar-refractivity contribution in [1.29, 1.82) is 0 Å². The van der Waals surface area contributed by atoms with E-state index in [-0.39, 0.29) is 0 Å². The standard InChI is InChI=1S/C14H9N4S/c1-3-9-8-18-13-10(19-14(18)12(9)16-4-1)7-11-15-5-2-6-17(11)13/h1-7H,8H2/q+1. The molecule has 5 heterocycles. The Balaban J connectivity index is 1.94. The van der Waals surface area contributed by atoms with Crippen LogP contribution in [0.3, 0.4) is 0 Å². The van der Waals surface area contributed by atoms with Gasteiger partial charge in [0.2, 0.25) is 10.7 Å². The zero-order valence-electron chi connectivity index (χ0n) is 9.95. The monoisotopic (exact) mass is 265 g/mol. The first-order valence-corrected chi connectivity index (χ1v) is 6.96. The Hall–Kier alpha value is -2.27. The molecule has 0 fully saturated rings. The van der Waals surface area contributed by atoms with E-state index < -0.39 is 0 Å². The SMILES string of the molecule is c1cnc2c(c1)C[n+]1c-2sc2cc3ncccn3c21. The van der Waals surface area contributed by atoms with Crippen molar-refractivity contribution in [2.45, 2.75) is 6.54 Å². The second-order valence-corrected chi connectivity index (χ2v) is 5.72. The van der Waals surface area contributed by atoms with Gasteiger partial charge in [0.05, 0.1) is 6.20 Å². The van der Waals surface area contributed by atoms with Crippen molar-refractivity contribution in [1.82, 2.24) is 14.4 Å². The Bertz CT molecular complexity index is 951. The van der Waals surface area contributed by atoms with E-state index in [1.165, 1.54) is 20.9 Å². The molecule has 0 bridgehead atoms. The van der Waals surface area contributed by atoms with E-state index in [2.05, 4.69) is 37.3 Å². The summed E-state index contributed by atoms with van der Waals surface area (Å²) in [5.74, 6) is 0. The van der Waals surface area contributed by atoms with Crippen LogP contribution in [0.15, 0.2) is 42.9 Å². The lowest BCUT2D eigenvalue weighted by molar-refractivity contribution is -0.644. The van der Waals surface area contributed by atoms with Crippen molar-refractivity contribution < 1.29 is 4.57 Å². The summed E-state index contributed by atoms with van der Waals surface area (Å²) in [5.41, 5.74) is 4.65. The maximum absolute atomic E-state index is 4.52. The molecule has 5 heteroatoms. The average Bonchev–Trinajstić information content (AvgIpc) is 3.05. The quantitative estimate of drug-likeness (QED) is 0.402. The van der Waals surface area contributed by atoms with Crippen molar-refractivity contribution in [3.63, 3.8) is 0 Å². The molecule has 4 aromatic rings. The van der Waals surface area contributed by atoms with Crippen LogP contribution in [-0.2, 0) is 6.54 Å². The number of nitrogens with zero attached hydrogens (tertiary/aromatic N) is 4. The molecule has 0 N–H and O–H groups in total. The number of pyridine rings is 1. The smallest absolute Gasteiger partial charge is 0.251 e. The van der Waals surface area contributed by atoms with E-state index in [9.17, 15) is 0 Å². The van der Waals surface area contributed by atoms with Crippen LogP contribution in [-0.4, -0.2) is 14.4 Å². The number of fused-ring (bicyclic) bond motifs is 7. The van der Waals surface area contributed by atoms with Gasteiger partial charge < -0.3 is 0 Å². The van der Waals surface area contributed by atoms with Crippen LogP contribution in [0.1, 0.15) is 5.56 Å². The first-order chi connectivity index (χ1) is 9.42. The molecule has 90 valence electrons. The topological polar surface area (TPSA) is 34.1 Å². The molecule has 0 saturated heterocycles. The van der Waals surface area contributed by atoms with Gasteiger partial charge in [-0.25, -0.2) is 9.55 Å². The number of hydrogen-bond acceptors (Lipinski definition) is 3. The molecule has 4 nitrogen and oxygen atoms in total. The van der Waals surface area contributed by atoms with E-state index in [1.807, 2.05) is 24.5 Å². The third kappa shape index (κ3) is 1.11. The third-order valence-corrected chi connectivity index (χ3v) is 4.74. The predicted molar refractivity (Wildman–Crippen MR) is 73.1 cm³/mol. The zero-order chi connectivity index (χ0) is 12.4. The Kier molecular flexibility index (Phi) is 1.62. The molecule has 0 saturated carbocycles. The van der Waals surface area contributed by atoms with E-state index >= 15 is 0 Å². The minimum atomic E-state index is 0.902. The van der Waals surface area contributed by atoms with Gasteiger partial charge in [0.15, 0.2) is 0 Å². The lowest BCUT2D eigenvalue weighted by Crippen LogP contribution is -2.31. The second kappa shape index (κ2) is 3.19. The van der Waals surface area contributed by atoms with Crippen molar-refractivity contribution in [2.24, 2.45) is 0 Å². The Morgan fingerprint density at radius 2 is 2.16 bits per heavy atom. The summed E-state index contributed by atoms with van der Waals surface area (Å²) in [6.07, 6.45) is 5.77. The number of hydrogen-bond donors (Lipinski definition) is 0. The minimum Gasteiger partial charge on any atom is -0.251 e. The summed E-state index contributed by atoms with van der Waals surface area (Å²) in [6, 6.07) is 8.28. The van der Waals surface area contributed by atoms with Crippen LogP contribution in [0.4, 0.5) is 0 Å². The molecule has 1 aliphatic heterocycles. The van der Waals surface area contributed by atoms with Crippen LogP contribution in [0.25, 0.3) is 26.7 Å². The van der Waals surface area contributed by atoms with Gasteiger partial charge in [-0.2, -0.15) is 4.40 Å². The molecule has 0 aromatic carbocycles. The first-order valence-electron chi connectivity index (χ1n) is 6.14. The minimum absolute atomic E-state index is 0.902. The number of thiazole rings is 1. The van der Waals surface area contributed by atoms with Crippen LogP contribution in [0.5, 0.6) is 0 Å². The lowest BCUT2D eigenvalue weighted by atomic mass is 10.2. The molecule has 19 heavy (non-hydrogen) atoms. The molecular formula is C14H9N4S+. The highest BCUT2D eigenvalue weighted by atomic mass is 32.1. The van der Waals surface area contributed by atoms with E-state index in [0.717, 1.165) is 17.9 Å². The van der Waals surface area contributed by atoms with Crippen LogP contribution in [0.2, 0.25) is 0 Å². The molecule has 0 atom stereocenters. The molecule has 0 unspecified atom stereocenters. The maximum atomic E-state index is 4.52.